The molecule has 0 spiro atoms. The quantitative estimate of drug-likeness (QED) is 0.583. The topological polar surface area (TPSA) is 83.5 Å². The van der Waals surface area contributed by atoms with Gasteiger partial charge in [0.15, 0.2) is 5.17 Å². The van der Waals surface area contributed by atoms with Crippen LogP contribution in [0.4, 0.5) is 5.69 Å². The van der Waals surface area contributed by atoms with Gasteiger partial charge in [-0.15, -0.1) is 0 Å². The normalized spacial score (nSPS) is 14.8. The van der Waals surface area contributed by atoms with Crippen molar-refractivity contribution in [1.29, 1.82) is 0 Å². The van der Waals surface area contributed by atoms with Crippen molar-refractivity contribution in [3.05, 3.63) is 75.8 Å². The molecule has 4 rings (SSSR count). The molecular formula is C22H17ClN4O2S. The second-order valence-corrected chi connectivity index (χ2v) is 8.08. The van der Waals surface area contributed by atoms with Gasteiger partial charge in [-0.3, -0.25) is 14.6 Å². The van der Waals surface area contributed by atoms with Crippen LogP contribution >= 0.6 is 23.4 Å². The SMILES string of the molecule is CC(=O)NCc1ccc(Cl)c(NC2=NC(=O)C(=Cc3ccc4ncccc4c3)S2)c1. The van der Waals surface area contributed by atoms with Crippen molar-refractivity contribution in [3.63, 3.8) is 0 Å². The van der Waals surface area contributed by atoms with Gasteiger partial charge in [-0.1, -0.05) is 29.8 Å². The third kappa shape index (κ3) is 4.69. The number of thioether (sulfide) groups is 1. The second-order valence-electron chi connectivity index (χ2n) is 6.64. The molecule has 0 unspecified atom stereocenters. The van der Waals surface area contributed by atoms with Crippen LogP contribution in [0.2, 0.25) is 5.02 Å². The van der Waals surface area contributed by atoms with Crippen LogP contribution < -0.4 is 10.6 Å². The zero-order valence-corrected chi connectivity index (χ0v) is 17.6. The fraction of sp³-hybridized carbons (Fsp3) is 0.0909. The number of halogens is 1. The summed E-state index contributed by atoms with van der Waals surface area (Å²) >= 11 is 7.53. The first-order valence-electron chi connectivity index (χ1n) is 9.15. The Hall–Kier alpha value is -3.16. The summed E-state index contributed by atoms with van der Waals surface area (Å²) in [5, 5.41) is 7.81. The molecule has 150 valence electrons. The summed E-state index contributed by atoms with van der Waals surface area (Å²) in [5.41, 5.74) is 3.31. The fourth-order valence-corrected chi connectivity index (χ4v) is 3.91. The Balaban J connectivity index is 1.50. The number of benzene rings is 2. The lowest BCUT2D eigenvalue weighted by atomic mass is 10.1. The average molecular weight is 437 g/mol. The van der Waals surface area contributed by atoms with Gasteiger partial charge in [0.05, 0.1) is 21.1 Å². The van der Waals surface area contributed by atoms with Crippen LogP contribution in [0.25, 0.3) is 17.0 Å². The minimum Gasteiger partial charge on any atom is -0.352 e. The Morgan fingerprint density at radius 3 is 2.90 bits per heavy atom. The summed E-state index contributed by atoms with van der Waals surface area (Å²) in [6.07, 6.45) is 3.56. The van der Waals surface area contributed by atoms with Crippen molar-refractivity contribution in [2.75, 3.05) is 5.32 Å². The van der Waals surface area contributed by atoms with Crippen molar-refractivity contribution < 1.29 is 9.59 Å². The van der Waals surface area contributed by atoms with E-state index in [1.165, 1.54) is 18.7 Å². The van der Waals surface area contributed by atoms with Crippen molar-refractivity contribution >= 4 is 63.0 Å². The number of amidine groups is 1. The van der Waals surface area contributed by atoms with Crippen LogP contribution in [-0.2, 0) is 16.1 Å². The molecule has 30 heavy (non-hydrogen) atoms. The number of hydrogen-bond acceptors (Lipinski definition) is 5. The highest BCUT2D eigenvalue weighted by Crippen LogP contribution is 2.32. The number of fused-ring (bicyclic) bond motifs is 1. The van der Waals surface area contributed by atoms with E-state index in [1.807, 2.05) is 48.5 Å². The predicted octanol–water partition coefficient (Wildman–Crippen LogP) is 4.61. The highest BCUT2D eigenvalue weighted by molar-refractivity contribution is 8.18. The Kier molecular flexibility index (Phi) is 5.83. The summed E-state index contributed by atoms with van der Waals surface area (Å²) in [7, 11) is 0. The number of hydrogen-bond donors (Lipinski definition) is 2. The van der Waals surface area contributed by atoms with Crippen LogP contribution in [0.1, 0.15) is 18.1 Å². The lowest BCUT2D eigenvalue weighted by Crippen LogP contribution is -2.19. The van der Waals surface area contributed by atoms with Crippen molar-refractivity contribution in [3.8, 4) is 0 Å². The van der Waals surface area contributed by atoms with E-state index in [0.717, 1.165) is 22.0 Å². The number of aromatic nitrogens is 1. The number of nitrogens with zero attached hydrogens (tertiary/aromatic N) is 2. The standard InChI is InChI=1S/C22H17ClN4O2S/c1-13(28)25-12-15-4-6-17(23)19(10-15)26-22-27-21(29)20(30-22)11-14-5-7-18-16(9-14)3-2-8-24-18/h2-11H,12H2,1H3,(H,25,28)(H,26,27,29). The zero-order chi connectivity index (χ0) is 21.1. The summed E-state index contributed by atoms with van der Waals surface area (Å²) < 4.78 is 0. The Morgan fingerprint density at radius 1 is 1.20 bits per heavy atom. The van der Waals surface area contributed by atoms with Crippen molar-refractivity contribution in [2.45, 2.75) is 13.5 Å². The van der Waals surface area contributed by atoms with Gasteiger partial charge in [0.1, 0.15) is 0 Å². The Bertz CT molecular complexity index is 1220. The third-order valence-corrected chi connectivity index (χ3v) is 5.59. The number of nitrogens with one attached hydrogen (secondary N) is 2. The maximum Gasteiger partial charge on any atom is 0.286 e. The number of carbonyl (C=O) groups is 2. The molecule has 2 aromatic carbocycles. The lowest BCUT2D eigenvalue weighted by Gasteiger charge is -2.10. The summed E-state index contributed by atoms with van der Waals surface area (Å²) in [5.74, 6) is -0.417. The molecule has 0 fully saturated rings. The molecule has 3 aromatic rings. The maximum absolute atomic E-state index is 12.4. The molecule has 0 saturated heterocycles. The van der Waals surface area contributed by atoms with E-state index in [1.54, 1.807) is 12.3 Å². The van der Waals surface area contributed by atoms with Gasteiger partial charge in [-0.25, -0.2) is 0 Å². The zero-order valence-electron chi connectivity index (χ0n) is 16.0. The van der Waals surface area contributed by atoms with Gasteiger partial charge in [0.2, 0.25) is 5.91 Å². The van der Waals surface area contributed by atoms with Gasteiger partial charge >= 0.3 is 0 Å². The molecule has 1 aliphatic rings. The highest BCUT2D eigenvalue weighted by atomic mass is 35.5. The van der Waals surface area contributed by atoms with Crippen LogP contribution in [0, 0.1) is 0 Å². The molecule has 1 aromatic heterocycles. The number of carbonyl (C=O) groups excluding carboxylic acids is 2. The number of anilines is 1. The smallest absolute Gasteiger partial charge is 0.286 e. The van der Waals surface area contributed by atoms with E-state index in [4.69, 9.17) is 11.6 Å². The minimum atomic E-state index is -0.306. The van der Waals surface area contributed by atoms with E-state index < -0.39 is 0 Å². The summed E-state index contributed by atoms with van der Waals surface area (Å²) in [6.45, 7) is 1.85. The minimum absolute atomic E-state index is 0.111. The molecule has 0 bridgehead atoms. The molecule has 2 heterocycles. The third-order valence-electron chi connectivity index (χ3n) is 4.36. The molecule has 2 amide bonds. The van der Waals surface area contributed by atoms with Crippen LogP contribution in [0.5, 0.6) is 0 Å². The predicted molar refractivity (Wildman–Crippen MR) is 122 cm³/mol. The first-order valence-corrected chi connectivity index (χ1v) is 10.3. The van der Waals surface area contributed by atoms with Crippen LogP contribution in [0.3, 0.4) is 0 Å². The number of amides is 2. The van der Waals surface area contributed by atoms with Crippen molar-refractivity contribution in [1.82, 2.24) is 10.3 Å². The molecule has 0 aliphatic carbocycles. The van der Waals surface area contributed by atoms with Crippen LogP contribution in [0.15, 0.2) is 64.6 Å². The lowest BCUT2D eigenvalue weighted by molar-refractivity contribution is -0.119. The van der Waals surface area contributed by atoms with Crippen LogP contribution in [-0.4, -0.2) is 22.0 Å². The largest absolute Gasteiger partial charge is 0.352 e. The fourth-order valence-electron chi connectivity index (χ4n) is 2.92. The van der Waals surface area contributed by atoms with E-state index in [-0.39, 0.29) is 11.8 Å². The molecule has 0 atom stereocenters. The second kappa shape index (κ2) is 8.69. The summed E-state index contributed by atoms with van der Waals surface area (Å²) in [4.78, 5) is 32.4. The molecular weight excluding hydrogens is 420 g/mol. The number of aliphatic imine (C=N–C) groups is 1. The molecule has 0 radical (unpaired) electrons. The van der Waals surface area contributed by atoms with Gasteiger partial charge in [0, 0.05) is 25.1 Å². The Labute approximate surface area is 182 Å². The molecule has 8 heteroatoms. The van der Waals surface area contributed by atoms with Gasteiger partial charge in [0.25, 0.3) is 5.91 Å². The molecule has 1 aliphatic heterocycles. The number of pyridine rings is 1. The van der Waals surface area contributed by atoms with E-state index in [0.29, 0.717) is 27.3 Å². The first-order chi connectivity index (χ1) is 14.5. The Morgan fingerprint density at radius 2 is 2.07 bits per heavy atom. The van der Waals surface area contributed by atoms with E-state index in [2.05, 4.69) is 20.6 Å². The average Bonchev–Trinajstić information content (AvgIpc) is 3.07. The molecule has 0 saturated carbocycles. The monoisotopic (exact) mass is 436 g/mol. The first kappa shape index (κ1) is 20.1. The molecule has 6 nitrogen and oxygen atoms in total. The van der Waals surface area contributed by atoms with Gasteiger partial charge in [-0.2, -0.15) is 4.99 Å². The van der Waals surface area contributed by atoms with Gasteiger partial charge < -0.3 is 10.6 Å². The maximum atomic E-state index is 12.4. The van der Waals surface area contributed by atoms with E-state index >= 15 is 0 Å². The summed E-state index contributed by atoms with van der Waals surface area (Å²) in [6, 6.07) is 15.1. The van der Waals surface area contributed by atoms with Gasteiger partial charge in [-0.05, 0) is 59.3 Å². The number of rotatable bonds is 4. The van der Waals surface area contributed by atoms with Crippen molar-refractivity contribution in [2.24, 2.45) is 4.99 Å². The highest BCUT2D eigenvalue weighted by Gasteiger charge is 2.22. The van der Waals surface area contributed by atoms with E-state index in [9.17, 15) is 9.59 Å². The molecule has 2 N–H and O–H groups in total.